The average Bonchev–Trinajstić information content (AvgIpc) is 2.78. The first-order chi connectivity index (χ1) is 14.3. The molecule has 3 aromatic rings. The van der Waals surface area contributed by atoms with Crippen LogP contribution in [0.15, 0.2) is 77.7 Å². The first-order valence-electron chi connectivity index (χ1n) is 9.07. The monoisotopic (exact) mass is 444 g/mol. The maximum absolute atomic E-state index is 12.8. The van der Waals surface area contributed by atoms with E-state index in [1.165, 1.54) is 31.3 Å². The molecule has 0 fully saturated rings. The van der Waals surface area contributed by atoms with Crippen LogP contribution in [0.25, 0.3) is 0 Å². The first kappa shape index (κ1) is 21.7. The van der Waals surface area contributed by atoms with E-state index in [0.29, 0.717) is 12.2 Å². The van der Waals surface area contributed by atoms with Crippen LogP contribution >= 0.6 is 11.6 Å². The van der Waals surface area contributed by atoms with Gasteiger partial charge in [0, 0.05) is 13.6 Å². The highest BCUT2D eigenvalue weighted by molar-refractivity contribution is 7.92. The normalized spacial score (nSPS) is 11.0. The molecule has 0 aliphatic carbocycles. The minimum Gasteiger partial charge on any atom is -0.497 e. The van der Waals surface area contributed by atoms with E-state index in [4.69, 9.17) is 16.3 Å². The molecule has 8 heteroatoms. The summed E-state index contributed by atoms with van der Waals surface area (Å²) in [7, 11) is -0.743. The van der Waals surface area contributed by atoms with Crippen molar-refractivity contribution in [3.05, 3.63) is 88.9 Å². The van der Waals surface area contributed by atoms with Crippen LogP contribution in [-0.2, 0) is 16.6 Å². The second-order valence-corrected chi connectivity index (χ2v) is 8.86. The molecular formula is C22H21ClN2O4S. The lowest BCUT2D eigenvalue weighted by Gasteiger charge is -2.20. The number of carbonyl (C=O) groups is 1. The van der Waals surface area contributed by atoms with Crippen LogP contribution in [0.3, 0.4) is 0 Å². The number of anilines is 1. The van der Waals surface area contributed by atoms with E-state index in [1.54, 1.807) is 43.5 Å². The molecule has 0 aliphatic heterocycles. The summed E-state index contributed by atoms with van der Waals surface area (Å²) in [4.78, 5) is 12.8. The van der Waals surface area contributed by atoms with Gasteiger partial charge >= 0.3 is 0 Å². The van der Waals surface area contributed by atoms with Crippen molar-refractivity contribution in [2.24, 2.45) is 0 Å². The Hall–Kier alpha value is -3.03. The van der Waals surface area contributed by atoms with Crippen molar-refractivity contribution in [3.63, 3.8) is 0 Å². The summed E-state index contributed by atoms with van der Waals surface area (Å²) in [6.45, 7) is 0.293. The van der Waals surface area contributed by atoms with Gasteiger partial charge in [0.1, 0.15) is 5.75 Å². The molecule has 0 atom stereocenters. The Balaban J connectivity index is 1.79. The van der Waals surface area contributed by atoms with Crippen LogP contribution < -0.4 is 14.4 Å². The summed E-state index contributed by atoms with van der Waals surface area (Å²) in [6.07, 6.45) is 0. The maximum Gasteiger partial charge on any atom is 0.264 e. The van der Waals surface area contributed by atoms with Crippen molar-refractivity contribution in [1.29, 1.82) is 0 Å². The third kappa shape index (κ3) is 4.75. The quantitative estimate of drug-likeness (QED) is 0.595. The van der Waals surface area contributed by atoms with Gasteiger partial charge in [-0.2, -0.15) is 0 Å². The van der Waals surface area contributed by atoms with Gasteiger partial charge in [-0.25, -0.2) is 8.42 Å². The summed E-state index contributed by atoms with van der Waals surface area (Å²) < 4.78 is 31.9. The Labute approximate surface area is 181 Å². The van der Waals surface area contributed by atoms with Gasteiger partial charge in [0.15, 0.2) is 0 Å². The standard InChI is InChI=1S/C22H21ClN2O4S/c1-25(30(27,28)19-6-4-3-5-7-19)17-10-13-21(23)20(14-17)22(26)24-15-16-8-11-18(29-2)12-9-16/h3-14H,15H2,1-2H3,(H,24,26). The third-order valence-electron chi connectivity index (χ3n) is 4.57. The van der Waals surface area contributed by atoms with Gasteiger partial charge in [0.05, 0.1) is 28.3 Å². The molecule has 0 aliphatic rings. The minimum absolute atomic E-state index is 0.160. The molecule has 0 spiro atoms. The SMILES string of the molecule is COc1ccc(CNC(=O)c2cc(N(C)S(=O)(=O)c3ccccc3)ccc2Cl)cc1. The molecule has 3 aromatic carbocycles. The molecule has 3 rings (SSSR count). The van der Waals surface area contributed by atoms with Crippen molar-refractivity contribution in [3.8, 4) is 5.75 Å². The highest BCUT2D eigenvalue weighted by atomic mass is 35.5. The molecule has 0 bridgehead atoms. The van der Waals surface area contributed by atoms with Gasteiger partial charge in [0.25, 0.3) is 15.9 Å². The summed E-state index contributed by atoms with van der Waals surface area (Å²) in [5.74, 6) is 0.326. The zero-order chi connectivity index (χ0) is 21.7. The number of carbonyl (C=O) groups excluding carboxylic acids is 1. The fourth-order valence-electron chi connectivity index (χ4n) is 2.79. The van der Waals surface area contributed by atoms with Crippen LogP contribution in [0.5, 0.6) is 5.75 Å². The second-order valence-electron chi connectivity index (χ2n) is 6.48. The molecule has 1 N–H and O–H groups in total. The number of nitrogens with one attached hydrogen (secondary N) is 1. The average molecular weight is 445 g/mol. The highest BCUT2D eigenvalue weighted by Crippen LogP contribution is 2.27. The van der Waals surface area contributed by atoms with Crippen molar-refractivity contribution < 1.29 is 17.9 Å². The van der Waals surface area contributed by atoms with E-state index in [1.807, 2.05) is 12.1 Å². The summed E-state index contributed by atoms with van der Waals surface area (Å²) >= 11 is 6.20. The first-order valence-corrected chi connectivity index (χ1v) is 10.9. The van der Waals surface area contributed by atoms with Crippen LogP contribution in [0.1, 0.15) is 15.9 Å². The smallest absolute Gasteiger partial charge is 0.264 e. The molecule has 0 radical (unpaired) electrons. The van der Waals surface area contributed by atoms with E-state index in [9.17, 15) is 13.2 Å². The maximum atomic E-state index is 12.8. The van der Waals surface area contributed by atoms with Crippen LogP contribution in [0.2, 0.25) is 5.02 Å². The van der Waals surface area contributed by atoms with Crippen molar-refractivity contribution in [2.45, 2.75) is 11.4 Å². The summed E-state index contributed by atoms with van der Waals surface area (Å²) in [6, 6.07) is 19.9. The number of amides is 1. The van der Waals surface area contributed by atoms with Crippen LogP contribution in [0, 0.1) is 0 Å². The van der Waals surface area contributed by atoms with Gasteiger partial charge in [-0.05, 0) is 48.0 Å². The van der Waals surface area contributed by atoms with E-state index in [-0.39, 0.29) is 15.5 Å². The largest absolute Gasteiger partial charge is 0.497 e. The number of halogens is 1. The number of nitrogens with zero attached hydrogens (tertiary/aromatic N) is 1. The molecule has 0 saturated carbocycles. The van der Waals surface area contributed by atoms with Gasteiger partial charge in [-0.3, -0.25) is 9.10 Å². The van der Waals surface area contributed by atoms with E-state index in [2.05, 4.69) is 5.32 Å². The Morgan fingerprint density at radius 1 is 1.03 bits per heavy atom. The van der Waals surface area contributed by atoms with E-state index >= 15 is 0 Å². The summed E-state index contributed by atoms with van der Waals surface area (Å²) in [5.41, 5.74) is 1.41. The van der Waals surface area contributed by atoms with Crippen molar-refractivity contribution in [1.82, 2.24) is 5.32 Å². The van der Waals surface area contributed by atoms with Crippen molar-refractivity contribution in [2.75, 3.05) is 18.5 Å². The highest BCUT2D eigenvalue weighted by Gasteiger charge is 2.22. The van der Waals surface area contributed by atoms with Crippen molar-refractivity contribution >= 4 is 33.2 Å². The van der Waals surface area contributed by atoms with E-state index in [0.717, 1.165) is 15.6 Å². The van der Waals surface area contributed by atoms with Gasteiger partial charge in [-0.1, -0.05) is 41.9 Å². The molecule has 0 aromatic heterocycles. The fourth-order valence-corrected chi connectivity index (χ4v) is 4.21. The predicted molar refractivity (Wildman–Crippen MR) is 118 cm³/mol. The third-order valence-corrected chi connectivity index (χ3v) is 6.70. The molecule has 30 heavy (non-hydrogen) atoms. The second kappa shape index (κ2) is 9.19. The Morgan fingerprint density at radius 2 is 1.70 bits per heavy atom. The molecule has 6 nitrogen and oxygen atoms in total. The van der Waals surface area contributed by atoms with Gasteiger partial charge in [-0.15, -0.1) is 0 Å². The number of benzene rings is 3. The number of methoxy groups -OCH3 is 1. The number of hydrogen-bond donors (Lipinski definition) is 1. The summed E-state index contributed by atoms with van der Waals surface area (Å²) in [5, 5.41) is 3.03. The Morgan fingerprint density at radius 3 is 2.33 bits per heavy atom. The van der Waals surface area contributed by atoms with Gasteiger partial charge in [0.2, 0.25) is 0 Å². The molecule has 0 saturated heterocycles. The minimum atomic E-state index is -3.76. The lowest BCUT2D eigenvalue weighted by atomic mass is 10.1. The van der Waals surface area contributed by atoms with Gasteiger partial charge < -0.3 is 10.1 Å². The number of rotatable bonds is 7. The predicted octanol–water partition coefficient (Wildman–Crippen LogP) is 4.10. The Kier molecular flexibility index (Phi) is 6.64. The number of ether oxygens (including phenoxy) is 1. The molecular weight excluding hydrogens is 424 g/mol. The fraction of sp³-hybridized carbons (Fsp3) is 0.136. The van der Waals surface area contributed by atoms with E-state index < -0.39 is 15.9 Å². The zero-order valence-electron chi connectivity index (χ0n) is 16.5. The van der Waals surface area contributed by atoms with Crippen LogP contribution in [-0.4, -0.2) is 28.5 Å². The lowest BCUT2D eigenvalue weighted by molar-refractivity contribution is 0.0951. The molecule has 1 amide bonds. The lowest BCUT2D eigenvalue weighted by Crippen LogP contribution is -2.27. The molecule has 0 unspecified atom stereocenters. The van der Waals surface area contributed by atoms with Crippen LogP contribution in [0.4, 0.5) is 5.69 Å². The molecule has 0 heterocycles. The molecule has 156 valence electrons. The zero-order valence-corrected chi connectivity index (χ0v) is 18.1. The Bertz CT molecular complexity index is 1130. The topological polar surface area (TPSA) is 75.7 Å². The number of sulfonamides is 1. The number of hydrogen-bond acceptors (Lipinski definition) is 4.